The van der Waals surface area contributed by atoms with Crippen molar-refractivity contribution in [3.05, 3.63) is 51.8 Å². The van der Waals surface area contributed by atoms with Crippen molar-refractivity contribution in [2.24, 2.45) is 0 Å². The van der Waals surface area contributed by atoms with Crippen LogP contribution in [-0.4, -0.2) is 17.5 Å². The molecule has 2 nitrogen and oxygen atoms in total. The quantitative estimate of drug-likeness (QED) is 0.411. The number of carbonyl (C=O) groups excluding carboxylic acids is 1. The topological polar surface area (TPSA) is 26.3 Å². The number of thioether (sulfide) groups is 2. The standard InChI is InChI=1S/C19H20O2S2/c1-4-22-19(23-5-2)17-12(3)16-14-9-7-6-8-13(14)10-11-15(16)21-18(17)20/h6-12H,4-5H2,1-3H3. The number of fused-ring (bicyclic) bond motifs is 3. The van der Waals surface area contributed by atoms with Crippen LogP contribution in [0.15, 0.2) is 46.2 Å². The van der Waals surface area contributed by atoms with Crippen LogP contribution in [0, 0.1) is 0 Å². The van der Waals surface area contributed by atoms with E-state index >= 15 is 0 Å². The molecule has 1 aliphatic rings. The van der Waals surface area contributed by atoms with Crippen molar-refractivity contribution in [2.75, 3.05) is 11.5 Å². The third kappa shape index (κ3) is 3.02. The Morgan fingerprint density at radius 1 is 1.09 bits per heavy atom. The number of hydrogen-bond acceptors (Lipinski definition) is 4. The zero-order chi connectivity index (χ0) is 16.4. The third-order valence-corrected chi connectivity index (χ3v) is 6.24. The van der Waals surface area contributed by atoms with Crippen molar-refractivity contribution < 1.29 is 9.53 Å². The van der Waals surface area contributed by atoms with E-state index < -0.39 is 0 Å². The molecule has 23 heavy (non-hydrogen) atoms. The molecule has 2 aromatic carbocycles. The van der Waals surface area contributed by atoms with Gasteiger partial charge >= 0.3 is 5.97 Å². The summed E-state index contributed by atoms with van der Waals surface area (Å²) in [5.74, 6) is 2.46. The van der Waals surface area contributed by atoms with Gasteiger partial charge in [-0.15, -0.1) is 23.5 Å². The summed E-state index contributed by atoms with van der Waals surface area (Å²) < 4.78 is 6.78. The first-order valence-electron chi connectivity index (χ1n) is 7.90. The minimum atomic E-state index is -0.197. The van der Waals surface area contributed by atoms with E-state index in [4.69, 9.17) is 4.74 Å². The summed E-state index contributed by atoms with van der Waals surface area (Å²) in [6.45, 7) is 6.35. The van der Waals surface area contributed by atoms with Crippen LogP contribution in [0.1, 0.15) is 32.3 Å². The van der Waals surface area contributed by atoms with E-state index in [1.807, 2.05) is 24.3 Å². The maximum absolute atomic E-state index is 12.6. The van der Waals surface area contributed by atoms with E-state index in [1.165, 1.54) is 10.8 Å². The van der Waals surface area contributed by atoms with Gasteiger partial charge in [0.05, 0.1) is 9.81 Å². The molecular formula is C19H20O2S2. The summed E-state index contributed by atoms with van der Waals surface area (Å²) in [4.78, 5) is 12.6. The molecule has 0 radical (unpaired) electrons. The monoisotopic (exact) mass is 344 g/mol. The van der Waals surface area contributed by atoms with E-state index in [9.17, 15) is 4.79 Å². The number of rotatable bonds is 4. The first kappa shape index (κ1) is 16.5. The highest BCUT2D eigenvalue weighted by Crippen LogP contribution is 2.46. The first-order chi connectivity index (χ1) is 11.2. The SMILES string of the molecule is CCSC(SCC)=C1C(=O)Oc2ccc3ccccc3c2C1C. The Kier molecular flexibility index (Phi) is 5.02. The maximum Gasteiger partial charge on any atom is 0.341 e. The fourth-order valence-electron chi connectivity index (χ4n) is 3.01. The van der Waals surface area contributed by atoms with Gasteiger partial charge in [-0.05, 0) is 28.3 Å². The molecule has 0 fully saturated rings. The van der Waals surface area contributed by atoms with Crippen molar-refractivity contribution in [2.45, 2.75) is 26.7 Å². The van der Waals surface area contributed by atoms with Gasteiger partial charge < -0.3 is 4.74 Å². The summed E-state index contributed by atoms with van der Waals surface area (Å²) >= 11 is 3.47. The Hall–Kier alpha value is -1.39. The Labute approximate surface area is 145 Å². The van der Waals surface area contributed by atoms with Gasteiger partial charge in [-0.25, -0.2) is 4.79 Å². The van der Waals surface area contributed by atoms with Crippen molar-refractivity contribution in [3.8, 4) is 5.75 Å². The number of benzene rings is 2. The lowest BCUT2D eigenvalue weighted by atomic mass is 9.87. The molecule has 4 heteroatoms. The van der Waals surface area contributed by atoms with E-state index in [2.05, 4.69) is 32.9 Å². The predicted octanol–water partition coefficient (Wildman–Crippen LogP) is 5.58. The fraction of sp³-hybridized carbons (Fsp3) is 0.316. The normalized spacial score (nSPS) is 17.1. The van der Waals surface area contributed by atoms with Crippen LogP contribution >= 0.6 is 23.5 Å². The lowest BCUT2D eigenvalue weighted by Gasteiger charge is -2.27. The van der Waals surface area contributed by atoms with Crippen LogP contribution < -0.4 is 4.74 Å². The van der Waals surface area contributed by atoms with Crippen LogP contribution in [-0.2, 0) is 4.79 Å². The second-order valence-electron chi connectivity index (χ2n) is 5.38. The van der Waals surface area contributed by atoms with Gasteiger partial charge in [-0.3, -0.25) is 0 Å². The zero-order valence-corrected chi connectivity index (χ0v) is 15.2. The predicted molar refractivity (Wildman–Crippen MR) is 101 cm³/mol. The molecule has 0 aromatic heterocycles. The van der Waals surface area contributed by atoms with Crippen LogP contribution in [0.25, 0.3) is 10.8 Å². The molecular weight excluding hydrogens is 324 g/mol. The largest absolute Gasteiger partial charge is 0.423 e. The summed E-state index contributed by atoms with van der Waals surface area (Å²) in [5, 5.41) is 2.35. The number of hydrogen-bond donors (Lipinski definition) is 0. The Bertz CT molecular complexity index is 772. The molecule has 1 atom stereocenters. The second kappa shape index (κ2) is 7.02. The van der Waals surface area contributed by atoms with E-state index in [1.54, 1.807) is 23.5 Å². The third-order valence-electron chi connectivity index (χ3n) is 3.99. The van der Waals surface area contributed by atoms with Gasteiger partial charge in [0.15, 0.2) is 0 Å². The summed E-state index contributed by atoms with van der Waals surface area (Å²) in [7, 11) is 0. The molecule has 0 N–H and O–H groups in total. The lowest BCUT2D eigenvalue weighted by Crippen LogP contribution is -2.23. The van der Waals surface area contributed by atoms with Crippen LogP contribution in [0.4, 0.5) is 0 Å². The lowest BCUT2D eigenvalue weighted by molar-refractivity contribution is -0.131. The number of ether oxygens (including phenoxy) is 1. The van der Waals surface area contributed by atoms with Gasteiger partial charge in [0.2, 0.25) is 0 Å². The minimum Gasteiger partial charge on any atom is -0.423 e. The number of esters is 1. The molecule has 1 unspecified atom stereocenters. The van der Waals surface area contributed by atoms with Gasteiger partial charge in [0.1, 0.15) is 5.75 Å². The fourth-order valence-corrected chi connectivity index (χ4v) is 5.40. The molecule has 2 aromatic rings. The molecule has 1 aliphatic heterocycles. The minimum absolute atomic E-state index is 0.0467. The van der Waals surface area contributed by atoms with Gasteiger partial charge in [-0.2, -0.15) is 0 Å². The van der Waals surface area contributed by atoms with Crippen LogP contribution in [0.2, 0.25) is 0 Å². The molecule has 0 amide bonds. The van der Waals surface area contributed by atoms with E-state index in [0.717, 1.165) is 26.9 Å². The van der Waals surface area contributed by atoms with Crippen LogP contribution in [0.5, 0.6) is 5.75 Å². The summed E-state index contributed by atoms with van der Waals surface area (Å²) in [6, 6.07) is 12.2. The number of carbonyl (C=O) groups is 1. The molecule has 120 valence electrons. The molecule has 0 saturated carbocycles. The van der Waals surface area contributed by atoms with Gasteiger partial charge in [0, 0.05) is 11.5 Å². The maximum atomic E-state index is 12.6. The molecule has 0 spiro atoms. The Balaban J connectivity index is 2.20. The van der Waals surface area contributed by atoms with E-state index in [0.29, 0.717) is 5.75 Å². The second-order valence-corrected chi connectivity index (χ2v) is 8.18. The average molecular weight is 345 g/mol. The van der Waals surface area contributed by atoms with Crippen molar-refractivity contribution in [1.29, 1.82) is 0 Å². The molecule has 0 aliphatic carbocycles. The van der Waals surface area contributed by atoms with Crippen molar-refractivity contribution in [3.63, 3.8) is 0 Å². The Morgan fingerprint density at radius 3 is 2.48 bits per heavy atom. The molecule has 1 heterocycles. The van der Waals surface area contributed by atoms with Crippen LogP contribution in [0.3, 0.4) is 0 Å². The smallest absolute Gasteiger partial charge is 0.341 e. The highest BCUT2D eigenvalue weighted by atomic mass is 32.2. The molecule has 0 bridgehead atoms. The van der Waals surface area contributed by atoms with Gasteiger partial charge in [0.25, 0.3) is 0 Å². The molecule has 0 saturated heterocycles. The Morgan fingerprint density at radius 2 is 1.78 bits per heavy atom. The highest BCUT2D eigenvalue weighted by Gasteiger charge is 2.33. The van der Waals surface area contributed by atoms with Crippen molar-refractivity contribution in [1.82, 2.24) is 0 Å². The zero-order valence-electron chi connectivity index (χ0n) is 13.6. The van der Waals surface area contributed by atoms with Crippen molar-refractivity contribution >= 4 is 40.3 Å². The molecule has 3 rings (SSSR count). The summed E-state index contributed by atoms with van der Waals surface area (Å²) in [6.07, 6.45) is 0. The van der Waals surface area contributed by atoms with E-state index in [-0.39, 0.29) is 11.9 Å². The summed E-state index contributed by atoms with van der Waals surface area (Å²) in [5.41, 5.74) is 1.94. The first-order valence-corrected chi connectivity index (χ1v) is 9.88. The average Bonchev–Trinajstić information content (AvgIpc) is 2.54. The van der Waals surface area contributed by atoms with Gasteiger partial charge in [-0.1, -0.05) is 51.1 Å². The highest BCUT2D eigenvalue weighted by molar-refractivity contribution is 8.22.